The minimum Gasteiger partial charge on any atom is -0.288 e. The first kappa shape index (κ1) is 14.2. The fraction of sp³-hybridized carbons (Fsp3) is 0. The predicted molar refractivity (Wildman–Crippen MR) is 86.6 cm³/mol. The molecule has 1 nitrogen and oxygen atoms in total. The molecular formula is C19H11FOS. The van der Waals surface area contributed by atoms with Crippen LogP contribution in [0.25, 0.3) is 0 Å². The normalized spacial score (nSPS) is 9.86. The molecule has 1 heterocycles. The van der Waals surface area contributed by atoms with Gasteiger partial charge in [-0.3, -0.25) is 4.79 Å². The topological polar surface area (TPSA) is 17.1 Å². The summed E-state index contributed by atoms with van der Waals surface area (Å²) in [5.41, 5.74) is 1.41. The van der Waals surface area contributed by atoms with Crippen molar-refractivity contribution in [2.24, 2.45) is 0 Å². The zero-order chi connectivity index (χ0) is 15.4. The lowest BCUT2D eigenvalue weighted by molar-refractivity contribution is 0.104. The van der Waals surface area contributed by atoms with Crippen LogP contribution in [-0.2, 0) is 0 Å². The van der Waals surface area contributed by atoms with Gasteiger partial charge in [0.25, 0.3) is 0 Å². The largest absolute Gasteiger partial charge is 0.288 e. The maximum atomic E-state index is 12.9. The van der Waals surface area contributed by atoms with Gasteiger partial charge in [-0.2, -0.15) is 0 Å². The van der Waals surface area contributed by atoms with Crippen LogP contribution < -0.4 is 0 Å². The Balaban J connectivity index is 1.81. The second kappa shape index (κ2) is 6.38. The monoisotopic (exact) mass is 306 g/mol. The average molecular weight is 306 g/mol. The van der Waals surface area contributed by atoms with Gasteiger partial charge in [-0.15, -0.1) is 11.3 Å². The zero-order valence-corrected chi connectivity index (χ0v) is 12.4. The summed E-state index contributed by atoms with van der Waals surface area (Å²) in [6, 6.07) is 18.8. The van der Waals surface area contributed by atoms with Crippen LogP contribution in [0.15, 0.2) is 66.7 Å². The van der Waals surface area contributed by atoms with Crippen molar-refractivity contribution in [3.05, 3.63) is 93.4 Å². The van der Waals surface area contributed by atoms with E-state index in [-0.39, 0.29) is 11.6 Å². The first-order valence-corrected chi connectivity index (χ1v) is 7.51. The maximum Gasteiger partial charge on any atom is 0.202 e. The molecule has 0 atom stereocenters. The minimum absolute atomic E-state index is 0.113. The Morgan fingerprint density at radius 3 is 2.32 bits per heavy atom. The molecule has 22 heavy (non-hydrogen) atoms. The van der Waals surface area contributed by atoms with E-state index in [0.717, 1.165) is 10.4 Å². The highest BCUT2D eigenvalue weighted by molar-refractivity contribution is 7.14. The third kappa shape index (κ3) is 3.30. The number of ketones is 1. The summed E-state index contributed by atoms with van der Waals surface area (Å²) in [6.45, 7) is 0. The van der Waals surface area contributed by atoms with Gasteiger partial charge in [0.2, 0.25) is 5.78 Å². The van der Waals surface area contributed by atoms with Crippen LogP contribution in [0.5, 0.6) is 0 Å². The van der Waals surface area contributed by atoms with Gasteiger partial charge in [-0.05, 0) is 48.5 Å². The number of hydrogen-bond acceptors (Lipinski definition) is 2. The van der Waals surface area contributed by atoms with Crippen LogP contribution >= 0.6 is 11.3 Å². The summed E-state index contributed by atoms with van der Waals surface area (Å²) >= 11 is 1.34. The Morgan fingerprint density at radius 2 is 1.59 bits per heavy atom. The molecule has 0 aliphatic carbocycles. The van der Waals surface area contributed by atoms with E-state index in [0.29, 0.717) is 10.4 Å². The molecule has 0 spiro atoms. The van der Waals surface area contributed by atoms with Crippen LogP contribution in [-0.4, -0.2) is 5.78 Å². The van der Waals surface area contributed by atoms with Crippen molar-refractivity contribution >= 4 is 17.1 Å². The highest BCUT2D eigenvalue weighted by atomic mass is 32.1. The molecule has 0 unspecified atom stereocenters. The summed E-state index contributed by atoms with van der Waals surface area (Å²) < 4.78 is 12.9. The van der Waals surface area contributed by atoms with Gasteiger partial charge < -0.3 is 0 Å². The lowest BCUT2D eigenvalue weighted by Crippen LogP contribution is -1.97. The van der Waals surface area contributed by atoms with E-state index < -0.39 is 0 Å². The van der Waals surface area contributed by atoms with Gasteiger partial charge in [-0.25, -0.2) is 4.39 Å². The fourth-order valence-corrected chi connectivity index (χ4v) is 2.75. The van der Waals surface area contributed by atoms with E-state index in [4.69, 9.17) is 0 Å². The van der Waals surface area contributed by atoms with Gasteiger partial charge >= 0.3 is 0 Å². The van der Waals surface area contributed by atoms with Crippen molar-refractivity contribution < 1.29 is 9.18 Å². The molecule has 3 aromatic rings. The van der Waals surface area contributed by atoms with Crippen molar-refractivity contribution in [2.75, 3.05) is 0 Å². The van der Waals surface area contributed by atoms with E-state index >= 15 is 0 Å². The fourth-order valence-electron chi connectivity index (χ4n) is 1.93. The number of rotatable bonds is 2. The number of halogens is 1. The van der Waals surface area contributed by atoms with Gasteiger partial charge in [-0.1, -0.05) is 30.0 Å². The molecule has 0 saturated heterocycles. The minimum atomic E-state index is -0.350. The second-order valence-corrected chi connectivity index (χ2v) is 5.70. The molecule has 2 aromatic carbocycles. The first-order valence-electron chi connectivity index (χ1n) is 6.69. The lowest BCUT2D eigenvalue weighted by atomic mass is 10.1. The summed E-state index contributed by atoms with van der Waals surface area (Å²) in [4.78, 5) is 13.7. The van der Waals surface area contributed by atoms with Crippen molar-refractivity contribution in [2.45, 2.75) is 0 Å². The van der Waals surface area contributed by atoms with Crippen LogP contribution in [0.2, 0.25) is 0 Å². The molecule has 1 aromatic heterocycles. The van der Waals surface area contributed by atoms with Crippen molar-refractivity contribution in [1.29, 1.82) is 0 Å². The number of hydrogen-bond donors (Lipinski definition) is 0. The molecule has 0 amide bonds. The molecule has 0 N–H and O–H groups in total. The SMILES string of the molecule is O=C(c1ccc(F)cc1)c1ccc(C#Cc2ccccc2)s1. The third-order valence-electron chi connectivity index (χ3n) is 3.04. The van der Waals surface area contributed by atoms with E-state index in [1.165, 1.54) is 35.6 Å². The summed E-state index contributed by atoms with van der Waals surface area (Å²) in [6.07, 6.45) is 0. The number of benzene rings is 2. The lowest BCUT2D eigenvalue weighted by Gasteiger charge is -1.97. The molecule has 0 bridgehead atoms. The van der Waals surface area contributed by atoms with Crippen molar-refractivity contribution in [1.82, 2.24) is 0 Å². The predicted octanol–water partition coefficient (Wildman–Crippen LogP) is 4.52. The average Bonchev–Trinajstić information content (AvgIpc) is 3.03. The van der Waals surface area contributed by atoms with E-state index in [9.17, 15) is 9.18 Å². The molecule has 0 aliphatic rings. The standard InChI is InChI=1S/C19H11FOS/c20-16-9-7-15(8-10-16)19(21)18-13-12-17(22-18)11-6-14-4-2-1-3-5-14/h1-5,7-10,12-13H. The highest BCUT2D eigenvalue weighted by Crippen LogP contribution is 2.19. The van der Waals surface area contributed by atoms with Gasteiger partial charge in [0, 0.05) is 11.1 Å². The molecule has 106 valence electrons. The summed E-state index contributed by atoms with van der Waals surface area (Å²) in [5.74, 6) is 5.65. The summed E-state index contributed by atoms with van der Waals surface area (Å²) in [7, 11) is 0. The number of carbonyl (C=O) groups is 1. The molecule has 0 saturated carbocycles. The Bertz CT molecular complexity index is 852. The Hall–Kier alpha value is -2.70. The van der Waals surface area contributed by atoms with Gasteiger partial charge in [0.1, 0.15) is 5.82 Å². The van der Waals surface area contributed by atoms with E-state index in [2.05, 4.69) is 11.8 Å². The van der Waals surface area contributed by atoms with E-state index in [1.54, 1.807) is 6.07 Å². The zero-order valence-electron chi connectivity index (χ0n) is 11.5. The van der Waals surface area contributed by atoms with E-state index in [1.807, 2.05) is 36.4 Å². The molecule has 0 fully saturated rings. The molecule has 0 radical (unpaired) electrons. The van der Waals surface area contributed by atoms with Gasteiger partial charge in [0.15, 0.2) is 0 Å². The van der Waals surface area contributed by atoms with Gasteiger partial charge in [0.05, 0.1) is 9.75 Å². The second-order valence-electron chi connectivity index (χ2n) is 4.62. The molecule has 0 aliphatic heterocycles. The van der Waals surface area contributed by atoms with Crippen molar-refractivity contribution in [3.63, 3.8) is 0 Å². The third-order valence-corrected chi connectivity index (χ3v) is 4.04. The highest BCUT2D eigenvalue weighted by Gasteiger charge is 2.11. The quantitative estimate of drug-likeness (QED) is 0.502. The molecular weight excluding hydrogens is 295 g/mol. The number of carbonyl (C=O) groups excluding carboxylic acids is 1. The summed E-state index contributed by atoms with van der Waals surface area (Å²) in [5, 5.41) is 0. The Labute approximate surface area is 132 Å². The Kier molecular flexibility index (Phi) is 4.13. The van der Waals surface area contributed by atoms with Crippen molar-refractivity contribution in [3.8, 4) is 11.8 Å². The smallest absolute Gasteiger partial charge is 0.202 e. The van der Waals surface area contributed by atoms with Crippen LogP contribution in [0.4, 0.5) is 4.39 Å². The van der Waals surface area contributed by atoms with Crippen LogP contribution in [0.3, 0.4) is 0 Å². The van der Waals surface area contributed by atoms with Crippen LogP contribution in [0, 0.1) is 17.7 Å². The Morgan fingerprint density at radius 1 is 0.864 bits per heavy atom. The molecule has 3 rings (SSSR count). The van der Waals surface area contributed by atoms with Crippen LogP contribution in [0.1, 0.15) is 25.7 Å². The maximum absolute atomic E-state index is 12.9. The molecule has 3 heteroatoms. The number of thiophene rings is 1. The first-order chi connectivity index (χ1) is 10.7.